The van der Waals surface area contributed by atoms with Gasteiger partial charge in [0, 0.05) is 28.1 Å². The number of methoxy groups -OCH3 is 1. The molecule has 3 aromatic carbocycles. The van der Waals surface area contributed by atoms with E-state index in [-0.39, 0.29) is 63.4 Å². The monoisotopic (exact) mass is 703 g/mol. The number of nitrogens with one attached hydrogen (secondary N) is 2. The van der Waals surface area contributed by atoms with Gasteiger partial charge in [-0.25, -0.2) is 13.6 Å². The van der Waals surface area contributed by atoms with Gasteiger partial charge in [0.2, 0.25) is 5.91 Å². The average Bonchev–Trinajstić information content (AvgIpc) is 3.33. The summed E-state index contributed by atoms with van der Waals surface area (Å²) < 4.78 is 43.1. The minimum absolute atomic E-state index is 0.0151. The van der Waals surface area contributed by atoms with Crippen LogP contribution in [0.2, 0.25) is 10.0 Å². The van der Waals surface area contributed by atoms with E-state index in [2.05, 4.69) is 16.7 Å². The van der Waals surface area contributed by atoms with Crippen molar-refractivity contribution in [3.8, 4) is 11.8 Å². The maximum atomic E-state index is 16.0. The molecule has 1 unspecified atom stereocenters. The van der Waals surface area contributed by atoms with E-state index in [1.54, 1.807) is 6.92 Å². The number of aliphatic hydroxyl groups is 1. The van der Waals surface area contributed by atoms with Gasteiger partial charge in [0.05, 0.1) is 54.8 Å². The molecule has 5 atom stereocenters. The Hall–Kier alpha value is -3.79. The maximum absolute atomic E-state index is 16.0. The lowest BCUT2D eigenvalue weighted by atomic mass is 9.62. The summed E-state index contributed by atoms with van der Waals surface area (Å²) in [7, 11) is 1.29. The summed E-state index contributed by atoms with van der Waals surface area (Å²) >= 11 is 12.3. The first kappa shape index (κ1) is 37.0. The molecule has 48 heavy (non-hydrogen) atoms. The van der Waals surface area contributed by atoms with Crippen LogP contribution in [0.15, 0.2) is 48.5 Å². The Bertz CT molecular complexity index is 1740. The second kappa shape index (κ2) is 14.8. The molecule has 4 N–H and O–H groups in total. The fourth-order valence-corrected chi connectivity index (χ4v) is 6.93. The Morgan fingerprint density at radius 3 is 2.46 bits per heavy atom. The lowest BCUT2D eigenvalue weighted by Gasteiger charge is -2.37. The van der Waals surface area contributed by atoms with Gasteiger partial charge in [-0.2, -0.15) is 5.26 Å². The van der Waals surface area contributed by atoms with E-state index in [0.717, 1.165) is 6.07 Å². The number of amides is 1. The number of carboxylic acid groups (broad SMARTS) is 1. The quantitative estimate of drug-likeness (QED) is 0.167. The van der Waals surface area contributed by atoms with Gasteiger partial charge in [-0.1, -0.05) is 62.2 Å². The minimum Gasteiger partial charge on any atom is -0.494 e. The highest BCUT2D eigenvalue weighted by Crippen LogP contribution is 2.53. The molecule has 4 rings (SSSR count). The van der Waals surface area contributed by atoms with Gasteiger partial charge >= 0.3 is 5.97 Å². The Kier molecular flexibility index (Phi) is 11.4. The summed E-state index contributed by atoms with van der Waals surface area (Å²) in [5.41, 5.74) is -2.42. The summed E-state index contributed by atoms with van der Waals surface area (Å²) in [6.45, 7) is 6.94. The third-order valence-corrected chi connectivity index (χ3v) is 9.01. The number of ether oxygens (including phenoxy) is 2. The summed E-state index contributed by atoms with van der Waals surface area (Å²) in [6, 6.07) is 10.8. The van der Waals surface area contributed by atoms with Gasteiger partial charge in [0.1, 0.15) is 22.8 Å². The molecule has 1 heterocycles. The number of hydrogen-bond acceptors (Lipinski definition) is 7. The number of halogens is 4. The van der Waals surface area contributed by atoms with Crippen molar-refractivity contribution in [1.29, 1.82) is 5.26 Å². The maximum Gasteiger partial charge on any atom is 0.336 e. The first-order valence-electron chi connectivity index (χ1n) is 15.2. The topological polar surface area (TPSA) is 141 Å². The third kappa shape index (κ3) is 7.14. The van der Waals surface area contributed by atoms with Gasteiger partial charge in [0.25, 0.3) is 0 Å². The van der Waals surface area contributed by atoms with Crippen molar-refractivity contribution < 1.29 is 38.1 Å². The zero-order chi connectivity index (χ0) is 35.6. The van der Waals surface area contributed by atoms with E-state index < -0.39 is 58.4 Å². The van der Waals surface area contributed by atoms with Crippen molar-refractivity contribution in [2.45, 2.75) is 63.6 Å². The SMILES string of the molecule is COc1c(NC(=O)[C@@H]2N[C@@H](CC(C)(C)C)[C@](C#N)(c3ccc(Cl)cc3F)[C@H]2c2cccc(Cl)c2F)ccc(C(=O)O)c1C(C)OCCO. The molecule has 0 spiro atoms. The molecule has 256 valence electrons. The number of anilines is 1. The molecule has 0 radical (unpaired) electrons. The van der Waals surface area contributed by atoms with Gasteiger partial charge in [0.15, 0.2) is 0 Å². The molecule has 0 bridgehead atoms. The lowest BCUT2D eigenvalue weighted by Crippen LogP contribution is -2.45. The highest BCUT2D eigenvalue weighted by atomic mass is 35.5. The van der Waals surface area contributed by atoms with Crippen molar-refractivity contribution in [2.75, 3.05) is 25.6 Å². The number of hydrogen-bond donors (Lipinski definition) is 4. The Morgan fingerprint density at radius 1 is 1.17 bits per heavy atom. The zero-order valence-corrected chi connectivity index (χ0v) is 28.5. The molecule has 0 saturated carbocycles. The van der Waals surface area contributed by atoms with E-state index in [9.17, 15) is 25.1 Å². The summed E-state index contributed by atoms with van der Waals surface area (Å²) in [5, 5.41) is 36.1. The fraction of sp³-hybridized carbons (Fsp3) is 0.400. The fourth-order valence-electron chi connectivity index (χ4n) is 6.59. The van der Waals surface area contributed by atoms with E-state index in [0.29, 0.717) is 0 Å². The predicted molar refractivity (Wildman–Crippen MR) is 178 cm³/mol. The van der Waals surface area contributed by atoms with E-state index >= 15 is 8.78 Å². The third-order valence-electron chi connectivity index (χ3n) is 8.49. The second-order valence-electron chi connectivity index (χ2n) is 12.8. The van der Waals surface area contributed by atoms with E-state index in [1.165, 1.54) is 49.6 Å². The van der Waals surface area contributed by atoms with Crippen LogP contribution in [0, 0.1) is 28.4 Å². The second-order valence-corrected chi connectivity index (χ2v) is 13.7. The molecule has 0 aliphatic carbocycles. The first-order chi connectivity index (χ1) is 22.6. The highest BCUT2D eigenvalue weighted by Gasteiger charge is 2.61. The summed E-state index contributed by atoms with van der Waals surface area (Å²) in [4.78, 5) is 26.6. The van der Waals surface area contributed by atoms with Crippen LogP contribution in [-0.4, -0.2) is 54.5 Å². The largest absolute Gasteiger partial charge is 0.494 e. The van der Waals surface area contributed by atoms with Crippen LogP contribution in [0.1, 0.15) is 73.2 Å². The van der Waals surface area contributed by atoms with E-state index in [1.807, 2.05) is 20.8 Å². The van der Waals surface area contributed by atoms with Crippen molar-refractivity contribution in [1.82, 2.24) is 5.32 Å². The molecular formula is C35H37Cl2F2N3O6. The first-order valence-corrected chi connectivity index (χ1v) is 15.9. The van der Waals surface area contributed by atoms with Gasteiger partial charge in [-0.05, 0) is 54.7 Å². The van der Waals surface area contributed by atoms with Crippen LogP contribution in [0.4, 0.5) is 14.5 Å². The van der Waals surface area contributed by atoms with Crippen molar-refractivity contribution in [3.05, 3.63) is 92.5 Å². The normalized spacial score (nSPS) is 21.4. The number of aliphatic hydroxyl groups excluding tert-OH is 1. The molecule has 1 amide bonds. The van der Waals surface area contributed by atoms with Gasteiger partial charge < -0.3 is 30.3 Å². The molecular weight excluding hydrogens is 667 g/mol. The number of carboxylic acids is 1. The van der Waals surface area contributed by atoms with Crippen LogP contribution in [0.5, 0.6) is 5.75 Å². The molecule has 3 aromatic rings. The van der Waals surface area contributed by atoms with Gasteiger partial charge in [-0.15, -0.1) is 0 Å². The summed E-state index contributed by atoms with van der Waals surface area (Å²) in [5.74, 6) is -5.01. The minimum atomic E-state index is -1.84. The van der Waals surface area contributed by atoms with Gasteiger partial charge in [-0.3, -0.25) is 4.79 Å². The molecule has 1 aliphatic heterocycles. The van der Waals surface area contributed by atoms with Crippen molar-refractivity contribution >= 4 is 40.8 Å². The van der Waals surface area contributed by atoms with Crippen LogP contribution >= 0.6 is 23.2 Å². The van der Waals surface area contributed by atoms with E-state index in [4.69, 9.17) is 32.7 Å². The molecule has 9 nitrogen and oxygen atoms in total. The number of nitrogens with zero attached hydrogens (tertiary/aromatic N) is 1. The Balaban J connectivity index is 1.95. The highest BCUT2D eigenvalue weighted by molar-refractivity contribution is 6.31. The van der Waals surface area contributed by atoms with Crippen LogP contribution in [0.3, 0.4) is 0 Å². The Morgan fingerprint density at radius 2 is 1.88 bits per heavy atom. The standard InChI is InChI=1S/C35H37Cl2F2N3O6/c1-18(48-14-13-43)27-20(33(45)46)10-12-25(31(27)47-5)41-32(44)30-28(21-7-6-8-23(37)29(21)39)35(17-40,26(42-30)16-34(2,3)4)22-11-9-19(36)15-24(22)38/h6-12,15,18,26,28,30,42-43H,13-14,16H2,1-5H3,(H,41,44)(H,45,46)/t18?,26-,28-,30+,35-/m0/s1. The number of rotatable bonds is 11. The summed E-state index contributed by atoms with van der Waals surface area (Å²) in [6.07, 6.45) is -0.603. The molecule has 1 aliphatic rings. The molecule has 0 aromatic heterocycles. The number of benzene rings is 3. The van der Waals surface area contributed by atoms with Crippen LogP contribution in [-0.2, 0) is 14.9 Å². The number of nitriles is 1. The van der Waals surface area contributed by atoms with Crippen LogP contribution < -0.4 is 15.4 Å². The average molecular weight is 705 g/mol. The predicted octanol–water partition coefficient (Wildman–Crippen LogP) is 7.01. The molecule has 1 saturated heterocycles. The lowest BCUT2D eigenvalue weighted by molar-refractivity contribution is -0.118. The molecule has 13 heteroatoms. The number of aromatic carboxylic acids is 1. The number of carbonyl (C=O) groups excluding carboxylic acids is 1. The van der Waals surface area contributed by atoms with Crippen molar-refractivity contribution in [2.24, 2.45) is 5.41 Å². The number of carbonyl (C=O) groups is 2. The smallest absolute Gasteiger partial charge is 0.336 e. The van der Waals surface area contributed by atoms with Crippen molar-refractivity contribution in [3.63, 3.8) is 0 Å². The zero-order valence-electron chi connectivity index (χ0n) is 27.0. The van der Waals surface area contributed by atoms with Crippen LogP contribution in [0.25, 0.3) is 0 Å². The molecule has 1 fully saturated rings. The Labute approximate surface area is 287 Å².